The van der Waals surface area contributed by atoms with Gasteiger partial charge in [-0.15, -0.1) is 5.16 Å². The van der Waals surface area contributed by atoms with Crippen LogP contribution < -0.4 is 0 Å². The number of rotatable bonds is 1. The maximum absolute atomic E-state index is 8.59. The molecule has 2 rings (SSSR count). The molecular weight excluding hydrogens is 174 g/mol. The molecule has 0 spiro atoms. The van der Waals surface area contributed by atoms with Gasteiger partial charge in [0.25, 0.3) is 0 Å². The quantitative estimate of drug-likeness (QED) is 0.411. The first-order valence-electron chi connectivity index (χ1n) is 4.92. The lowest BCUT2D eigenvalue weighted by atomic mass is 9.86. The topological polar surface area (TPSA) is 32.6 Å². The number of hydrogen-bond donors (Lipinski definition) is 1. The Hall–Kier alpha value is -1.31. The van der Waals surface area contributed by atoms with Crippen LogP contribution >= 0.6 is 0 Å². The Labute approximate surface area is 84.3 Å². The molecule has 0 saturated carbocycles. The third-order valence-electron chi connectivity index (χ3n) is 3.07. The molecule has 2 nitrogen and oxygen atoms in total. The van der Waals surface area contributed by atoms with Gasteiger partial charge in [0.2, 0.25) is 0 Å². The number of hydrogen-bond acceptors (Lipinski definition) is 2. The van der Waals surface area contributed by atoms with Gasteiger partial charge in [0.1, 0.15) is 0 Å². The third kappa shape index (κ3) is 1.31. The van der Waals surface area contributed by atoms with E-state index >= 15 is 0 Å². The monoisotopic (exact) mass is 189 g/mol. The molecule has 0 aliphatic heterocycles. The minimum atomic E-state index is 0.197. The summed E-state index contributed by atoms with van der Waals surface area (Å²) in [6.07, 6.45) is 2.66. The Bertz CT molecular complexity index is 368. The molecule has 1 aromatic carbocycles. The summed E-state index contributed by atoms with van der Waals surface area (Å²) in [6.45, 7) is 4.47. The smallest absolute Gasteiger partial charge is 0.0511 e. The Balaban J connectivity index is 2.49. The molecule has 1 aliphatic rings. The van der Waals surface area contributed by atoms with Crippen molar-refractivity contribution in [1.29, 1.82) is 0 Å². The van der Waals surface area contributed by atoms with Crippen LogP contribution in [0.5, 0.6) is 0 Å². The Kier molecular flexibility index (Phi) is 2.06. The van der Waals surface area contributed by atoms with Gasteiger partial charge < -0.3 is 5.21 Å². The highest BCUT2D eigenvalue weighted by Gasteiger charge is 2.35. The highest BCUT2D eigenvalue weighted by Crippen LogP contribution is 2.44. The Morgan fingerprint density at radius 1 is 1.43 bits per heavy atom. The first-order valence-corrected chi connectivity index (χ1v) is 4.92. The minimum Gasteiger partial charge on any atom is -0.411 e. The molecule has 0 aromatic heterocycles. The molecule has 0 bridgehead atoms. The molecule has 0 amide bonds. The summed E-state index contributed by atoms with van der Waals surface area (Å²) in [5.41, 5.74) is 2.88. The van der Waals surface area contributed by atoms with Crippen LogP contribution in [0.2, 0.25) is 0 Å². The van der Waals surface area contributed by atoms with E-state index in [9.17, 15) is 0 Å². The van der Waals surface area contributed by atoms with Gasteiger partial charge in [-0.3, -0.25) is 0 Å². The number of oxime groups is 1. The summed E-state index contributed by atoms with van der Waals surface area (Å²) in [5.74, 6) is 0.270. The molecule has 2 heteroatoms. The predicted molar refractivity (Wildman–Crippen MR) is 57.1 cm³/mol. The number of benzene rings is 1. The lowest BCUT2D eigenvalue weighted by molar-refractivity contribution is 0.319. The molecular formula is C12H15NO. The van der Waals surface area contributed by atoms with Crippen LogP contribution in [0.3, 0.4) is 0 Å². The van der Waals surface area contributed by atoms with Gasteiger partial charge >= 0.3 is 0 Å². The fraction of sp³-hybridized carbons (Fsp3) is 0.417. The van der Waals surface area contributed by atoms with Crippen LogP contribution in [0.1, 0.15) is 37.3 Å². The molecule has 14 heavy (non-hydrogen) atoms. The molecule has 1 N–H and O–H groups in total. The summed E-state index contributed by atoms with van der Waals surface area (Å²) >= 11 is 0. The van der Waals surface area contributed by atoms with Crippen molar-refractivity contribution in [2.75, 3.05) is 0 Å². The largest absolute Gasteiger partial charge is 0.411 e. The fourth-order valence-corrected chi connectivity index (χ4v) is 2.42. The number of fused-ring (bicyclic) bond motifs is 1. The van der Waals surface area contributed by atoms with Crippen LogP contribution in [0.15, 0.2) is 29.4 Å². The van der Waals surface area contributed by atoms with Crippen LogP contribution in [-0.4, -0.2) is 11.4 Å². The lowest BCUT2D eigenvalue weighted by Gasteiger charge is -2.18. The normalized spacial score (nSPS) is 24.0. The maximum atomic E-state index is 8.59. The SMILES string of the molecule is CC1(C)CC(C=NO)c2ccccc21. The molecule has 1 atom stereocenters. The second kappa shape index (κ2) is 3.12. The molecule has 1 unspecified atom stereocenters. The first kappa shape index (κ1) is 9.25. The van der Waals surface area contributed by atoms with E-state index in [2.05, 4.69) is 37.2 Å². The van der Waals surface area contributed by atoms with Crippen molar-refractivity contribution >= 4 is 6.21 Å². The van der Waals surface area contributed by atoms with Crippen LogP contribution in [0, 0.1) is 0 Å². The predicted octanol–water partition coefficient (Wildman–Crippen LogP) is 2.91. The van der Waals surface area contributed by atoms with Gasteiger partial charge in [0, 0.05) is 5.92 Å². The molecule has 74 valence electrons. The van der Waals surface area contributed by atoms with Gasteiger partial charge in [-0.1, -0.05) is 38.1 Å². The van der Waals surface area contributed by atoms with Crippen molar-refractivity contribution in [1.82, 2.24) is 0 Å². The average molecular weight is 189 g/mol. The molecule has 0 saturated heterocycles. The summed E-state index contributed by atoms with van der Waals surface area (Å²) in [4.78, 5) is 0. The Morgan fingerprint density at radius 3 is 2.86 bits per heavy atom. The lowest BCUT2D eigenvalue weighted by Crippen LogP contribution is -2.12. The summed E-state index contributed by atoms with van der Waals surface area (Å²) < 4.78 is 0. The van der Waals surface area contributed by atoms with Crippen molar-refractivity contribution < 1.29 is 5.21 Å². The van der Waals surface area contributed by atoms with Crippen LogP contribution in [0.25, 0.3) is 0 Å². The average Bonchev–Trinajstić information content (AvgIpc) is 2.41. The van der Waals surface area contributed by atoms with E-state index < -0.39 is 0 Å². The van der Waals surface area contributed by atoms with E-state index in [0.717, 1.165) is 6.42 Å². The highest BCUT2D eigenvalue weighted by atomic mass is 16.4. The zero-order valence-electron chi connectivity index (χ0n) is 8.57. The van der Waals surface area contributed by atoms with Crippen LogP contribution in [-0.2, 0) is 5.41 Å². The summed E-state index contributed by atoms with van der Waals surface area (Å²) in [5, 5.41) is 11.7. The van der Waals surface area contributed by atoms with Crippen molar-refractivity contribution in [3.05, 3.63) is 35.4 Å². The third-order valence-corrected chi connectivity index (χ3v) is 3.07. The highest BCUT2D eigenvalue weighted by molar-refractivity contribution is 5.71. The molecule has 0 radical (unpaired) electrons. The molecule has 1 aliphatic carbocycles. The van der Waals surface area contributed by atoms with E-state index in [4.69, 9.17) is 5.21 Å². The van der Waals surface area contributed by atoms with Gasteiger partial charge in [-0.25, -0.2) is 0 Å². The van der Waals surface area contributed by atoms with Crippen molar-refractivity contribution in [2.24, 2.45) is 5.16 Å². The van der Waals surface area contributed by atoms with E-state index in [1.807, 2.05) is 6.07 Å². The summed E-state index contributed by atoms with van der Waals surface area (Å²) in [7, 11) is 0. The van der Waals surface area contributed by atoms with E-state index in [1.165, 1.54) is 11.1 Å². The second-order valence-electron chi connectivity index (χ2n) is 4.55. The van der Waals surface area contributed by atoms with E-state index in [1.54, 1.807) is 6.21 Å². The van der Waals surface area contributed by atoms with Gasteiger partial charge in [0.05, 0.1) is 6.21 Å². The fourth-order valence-electron chi connectivity index (χ4n) is 2.42. The second-order valence-corrected chi connectivity index (χ2v) is 4.55. The zero-order chi connectivity index (χ0) is 10.2. The first-order chi connectivity index (χ1) is 6.65. The van der Waals surface area contributed by atoms with Gasteiger partial charge in [-0.05, 0) is 23.0 Å². The van der Waals surface area contributed by atoms with Crippen molar-refractivity contribution in [3.63, 3.8) is 0 Å². The molecule has 1 aromatic rings. The molecule has 0 heterocycles. The molecule has 0 fully saturated rings. The Morgan fingerprint density at radius 2 is 2.14 bits per heavy atom. The van der Waals surface area contributed by atoms with Crippen molar-refractivity contribution in [2.45, 2.75) is 31.6 Å². The minimum absolute atomic E-state index is 0.197. The van der Waals surface area contributed by atoms with E-state index in [0.29, 0.717) is 0 Å². The van der Waals surface area contributed by atoms with E-state index in [-0.39, 0.29) is 11.3 Å². The summed E-state index contributed by atoms with van der Waals surface area (Å²) in [6, 6.07) is 8.40. The standard InChI is InChI=1S/C12H15NO/c1-12(2)7-9(8-13-14)10-5-3-4-6-11(10)12/h3-6,8-9,14H,7H2,1-2H3. The maximum Gasteiger partial charge on any atom is 0.0511 e. The van der Waals surface area contributed by atoms with Crippen molar-refractivity contribution in [3.8, 4) is 0 Å². The van der Waals surface area contributed by atoms with Crippen LogP contribution in [0.4, 0.5) is 0 Å². The van der Waals surface area contributed by atoms with Gasteiger partial charge in [-0.2, -0.15) is 0 Å². The van der Waals surface area contributed by atoms with Gasteiger partial charge in [0.15, 0.2) is 0 Å². The number of nitrogens with zero attached hydrogens (tertiary/aromatic N) is 1. The zero-order valence-corrected chi connectivity index (χ0v) is 8.57.